The molecule has 2 nitrogen and oxygen atoms in total. The van der Waals surface area contributed by atoms with Crippen LogP contribution in [0.4, 0.5) is 4.39 Å². The van der Waals surface area contributed by atoms with Crippen LogP contribution < -0.4 is 0 Å². The molecule has 3 rings (SSSR count). The molecule has 0 fully saturated rings. The summed E-state index contributed by atoms with van der Waals surface area (Å²) in [5.74, 6) is 0.242. The van der Waals surface area contributed by atoms with Gasteiger partial charge < -0.3 is 0 Å². The minimum absolute atomic E-state index is 0.0352. The Morgan fingerprint density at radius 1 is 1.14 bits per heavy atom. The van der Waals surface area contributed by atoms with Gasteiger partial charge in [-0.25, -0.2) is 9.37 Å². The average molecular weight is 344 g/mol. The molecule has 3 aromatic rings. The van der Waals surface area contributed by atoms with E-state index in [1.165, 1.54) is 12.1 Å². The minimum atomic E-state index is -0.630. The van der Waals surface area contributed by atoms with Crippen molar-refractivity contribution in [3.63, 3.8) is 0 Å². The third kappa shape index (κ3) is 2.50. The van der Waals surface area contributed by atoms with E-state index in [4.69, 9.17) is 34.8 Å². The van der Waals surface area contributed by atoms with Gasteiger partial charge in [-0.2, -0.15) is 0 Å². The number of aromatic nitrogens is 2. The van der Waals surface area contributed by atoms with Crippen molar-refractivity contribution in [2.45, 2.75) is 12.8 Å². The highest BCUT2D eigenvalue weighted by molar-refractivity contribution is 6.35. The van der Waals surface area contributed by atoms with Crippen LogP contribution in [0.5, 0.6) is 0 Å². The van der Waals surface area contributed by atoms with E-state index in [9.17, 15) is 4.39 Å². The number of imidazole rings is 1. The van der Waals surface area contributed by atoms with E-state index < -0.39 is 5.82 Å². The second kappa shape index (κ2) is 5.48. The fraction of sp³-hybridized carbons (Fsp3) is 0.133. The highest BCUT2D eigenvalue weighted by Crippen LogP contribution is 2.30. The predicted molar refractivity (Wildman–Crippen MR) is 85.3 cm³/mol. The Morgan fingerprint density at radius 2 is 1.81 bits per heavy atom. The Bertz CT molecular complexity index is 819. The van der Waals surface area contributed by atoms with Gasteiger partial charge in [-0.3, -0.25) is 4.57 Å². The van der Waals surface area contributed by atoms with Crippen molar-refractivity contribution in [2.75, 3.05) is 0 Å². The lowest BCUT2D eigenvalue weighted by atomic mass is 10.2. The van der Waals surface area contributed by atoms with E-state index in [1.54, 1.807) is 0 Å². The monoisotopic (exact) mass is 342 g/mol. The summed E-state index contributed by atoms with van der Waals surface area (Å²) in [6.45, 7) is 1.99. The first-order chi connectivity index (χ1) is 10.0. The molecule has 6 heteroatoms. The standard InChI is InChI=1S/C15H10Cl3FN2/c1-8-2-3-13-12(4-8)20-14(7-16)21(13)9-5-10(17)15(19)11(18)6-9/h2-6H,7H2,1H3. The molecule has 0 saturated heterocycles. The molecule has 0 aliphatic heterocycles. The van der Waals surface area contributed by atoms with Crippen LogP contribution in [0.3, 0.4) is 0 Å². The summed E-state index contributed by atoms with van der Waals surface area (Å²) >= 11 is 17.7. The number of benzene rings is 2. The van der Waals surface area contributed by atoms with Crippen molar-refractivity contribution < 1.29 is 4.39 Å². The van der Waals surface area contributed by atoms with Crippen LogP contribution >= 0.6 is 34.8 Å². The summed E-state index contributed by atoms with van der Waals surface area (Å²) in [6.07, 6.45) is 0. The second-order valence-corrected chi connectivity index (χ2v) is 5.79. The van der Waals surface area contributed by atoms with Gasteiger partial charge in [0.2, 0.25) is 0 Å². The first kappa shape index (κ1) is 14.6. The molecular weight excluding hydrogens is 334 g/mol. The van der Waals surface area contributed by atoms with Gasteiger partial charge in [0.05, 0.1) is 32.6 Å². The fourth-order valence-corrected chi connectivity index (χ4v) is 2.94. The van der Waals surface area contributed by atoms with Crippen LogP contribution in [0, 0.1) is 12.7 Å². The summed E-state index contributed by atoms with van der Waals surface area (Å²) in [5.41, 5.74) is 3.43. The Labute approximate surface area is 136 Å². The number of aryl methyl sites for hydroxylation is 1. The summed E-state index contributed by atoms with van der Waals surface area (Å²) in [5, 5.41) is -0.0704. The maximum Gasteiger partial charge on any atom is 0.160 e. The van der Waals surface area contributed by atoms with Gasteiger partial charge in [0.1, 0.15) is 5.82 Å². The van der Waals surface area contributed by atoms with Crippen LogP contribution in [0.15, 0.2) is 30.3 Å². The van der Waals surface area contributed by atoms with Crippen molar-refractivity contribution in [3.05, 3.63) is 57.6 Å². The quantitative estimate of drug-likeness (QED) is 0.442. The molecule has 21 heavy (non-hydrogen) atoms. The Morgan fingerprint density at radius 3 is 2.43 bits per heavy atom. The third-order valence-electron chi connectivity index (χ3n) is 3.23. The van der Waals surface area contributed by atoms with Gasteiger partial charge in [0, 0.05) is 0 Å². The molecule has 0 aliphatic rings. The van der Waals surface area contributed by atoms with Crippen molar-refractivity contribution in [1.82, 2.24) is 9.55 Å². The molecule has 1 aromatic heterocycles. The number of hydrogen-bond donors (Lipinski definition) is 0. The highest BCUT2D eigenvalue weighted by atomic mass is 35.5. The van der Waals surface area contributed by atoms with Crippen LogP contribution in [-0.2, 0) is 5.88 Å². The van der Waals surface area contributed by atoms with Crippen LogP contribution in [0.2, 0.25) is 10.0 Å². The molecule has 0 saturated carbocycles. The highest BCUT2D eigenvalue weighted by Gasteiger charge is 2.15. The van der Waals surface area contributed by atoms with Crippen molar-refractivity contribution >= 4 is 45.8 Å². The summed E-state index contributed by atoms with van der Waals surface area (Å²) < 4.78 is 15.4. The molecule has 0 unspecified atom stereocenters. The van der Waals surface area contributed by atoms with Gasteiger partial charge in [0.25, 0.3) is 0 Å². The lowest BCUT2D eigenvalue weighted by Crippen LogP contribution is -2.00. The Hall–Kier alpha value is -1.29. The maximum atomic E-state index is 13.6. The van der Waals surface area contributed by atoms with Crippen LogP contribution in [0.1, 0.15) is 11.4 Å². The van der Waals surface area contributed by atoms with Crippen LogP contribution in [-0.4, -0.2) is 9.55 Å². The molecule has 0 spiro atoms. The molecule has 0 amide bonds. The molecule has 0 atom stereocenters. The lowest BCUT2D eigenvalue weighted by molar-refractivity contribution is 0.628. The first-order valence-corrected chi connectivity index (χ1v) is 7.49. The Kier molecular flexibility index (Phi) is 3.82. The summed E-state index contributed by atoms with van der Waals surface area (Å²) in [7, 11) is 0. The van der Waals surface area contributed by atoms with E-state index in [0.29, 0.717) is 11.5 Å². The van der Waals surface area contributed by atoms with Crippen molar-refractivity contribution in [3.8, 4) is 5.69 Å². The zero-order valence-corrected chi connectivity index (χ0v) is 13.3. The number of halogens is 4. The smallest absolute Gasteiger partial charge is 0.160 e. The molecule has 1 heterocycles. The van der Waals surface area contributed by atoms with Gasteiger partial charge in [-0.1, -0.05) is 29.3 Å². The maximum absolute atomic E-state index is 13.6. The molecule has 0 radical (unpaired) electrons. The van der Waals surface area contributed by atoms with Crippen molar-refractivity contribution in [2.24, 2.45) is 0 Å². The summed E-state index contributed by atoms with van der Waals surface area (Å²) in [6, 6.07) is 8.92. The molecule has 0 N–H and O–H groups in total. The van der Waals surface area contributed by atoms with Crippen molar-refractivity contribution in [1.29, 1.82) is 0 Å². The number of nitrogens with zero attached hydrogens (tertiary/aromatic N) is 2. The molecule has 0 bridgehead atoms. The first-order valence-electron chi connectivity index (χ1n) is 6.20. The van der Waals surface area contributed by atoms with Gasteiger partial charge in [0.15, 0.2) is 5.82 Å². The van der Waals surface area contributed by atoms with E-state index in [2.05, 4.69) is 4.98 Å². The van der Waals surface area contributed by atoms with Crippen LogP contribution in [0.25, 0.3) is 16.7 Å². The number of fused-ring (bicyclic) bond motifs is 1. The zero-order chi connectivity index (χ0) is 15.1. The lowest BCUT2D eigenvalue weighted by Gasteiger charge is -2.10. The van der Waals surface area contributed by atoms with E-state index in [-0.39, 0.29) is 15.9 Å². The van der Waals surface area contributed by atoms with E-state index in [0.717, 1.165) is 16.6 Å². The minimum Gasteiger partial charge on any atom is -0.295 e. The number of rotatable bonds is 2. The average Bonchev–Trinajstić information content (AvgIpc) is 2.81. The van der Waals surface area contributed by atoms with Gasteiger partial charge in [-0.05, 0) is 36.8 Å². The fourth-order valence-electron chi connectivity index (χ4n) is 2.29. The van der Waals surface area contributed by atoms with E-state index in [1.807, 2.05) is 29.7 Å². The molecule has 2 aromatic carbocycles. The molecule has 108 valence electrons. The van der Waals surface area contributed by atoms with Gasteiger partial charge >= 0.3 is 0 Å². The molecule has 0 aliphatic carbocycles. The third-order valence-corrected chi connectivity index (χ3v) is 4.01. The van der Waals surface area contributed by atoms with Gasteiger partial charge in [-0.15, -0.1) is 11.6 Å². The molecular formula is C15H10Cl3FN2. The summed E-state index contributed by atoms with van der Waals surface area (Å²) in [4.78, 5) is 4.50. The number of hydrogen-bond acceptors (Lipinski definition) is 1. The number of alkyl halides is 1. The predicted octanol–water partition coefficient (Wildman–Crippen LogP) is 5.52. The topological polar surface area (TPSA) is 17.8 Å². The normalized spacial score (nSPS) is 11.3. The Balaban J connectivity index is 2.33. The second-order valence-electron chi connectivity index (χ2n) is 4.71. The zero-order valence-electron chi connectivity index (χ0n) is 11.0. The largest absolute Gasteiger partial charge is 0.295 e. The SMILES string of the molecule is Cc1ccc2c(c1)nc(CCl)n2-c1cc(Cl)c(F)c(Cl)c1. The van der Waals surface area contributed by atoms with E-state index >= 15 is 0 Å².